The van der Waals surface area contributed by atoms with E-state index >= 15 is 0 Å². The molecule has 1 aromatic carbocycles. The molecule has 0 fully saturated rings. The first-order valence-electron chi connectivity index (χ1n) is 5.69. The van der Waals surface area contributed by atoms with Crippen LogP contribution in [0.5, 0.6) is 0 Å². The highest BCUT2D eigenvalue weighted by molar-refractivity contribution is 8.00. The van der Waals surface area contributed by atoms with Crippen molar-refractivity contribution in [1.82, 2.24) is 4.98 Å². The molecule has 2 aromatic rings. The molecule has 0 radical (unpaired) electrons. The molecule has 0 saturated heterocycles. The predicted octanol–water partition coefficient (Wildman–Crippen LogP) is 3.20. The summed E-state index contributed by atoms with van der Waals surface area (Å²) in [5.74, 6) is -0.0168. The predicted molar refractivity (Wildman–Crippen MR) is 74.6 cm³/mol. The number of hydrogen-bond acceptors (Lipinski definition) is 3. The minimum absolute atomic E-state index is 0.0168. The van der Waals surface area contributed by atoms with E-state index in [-0.39, 0.29) is 11.2 Å². The van der Waals surface area contributed by atoms with Gasteiger partial charge >= 0.3 is 0 Å². The first kappa shape index (κ1) is 12.6. The molecule has 1 atom stereocenters. The number of hydrogen-bond donors (Lipinski definition) is 1. The van der Waals surface area contributed by atoms with Crippen molar-refractivity contribution in [3.05, 3.63) is 54.7 Å². The molecule has 0 spiro atoms. The molecule has 92 valence electrons. The van der Waals surface area contributed by atoms with Crippen LogP contribution in [0.2, 0.25) is 0 Å². The Morgan fingerprint density at radius 2 is 1.89 bits per heavy atom. The van der Waals surface area contributed by atoms with Crippen LogP contribution < -0.4 is 5.32 Å². The van der Waals surface area contributed by atoms with Crippen molar-refractivity contribution in [2.45, 2.75) is 17.2 Å². The Balaban J connectivity index is 1.93. The average molecular weight is 258 g/mol. The molecule has 0 aliphatic rings. The summed E-state index contributed by atoms with van der Waals surface area (Å²) in [5, 5.41) is 3.55. The van der Waals surface area contributed by atoms with Crippen molar-refractivity contribution >= 4 is 23.4 Å². The number of para-hydroxylation sites is 1. The molecule has 0 unspecified atom stereocenters. The van der Waals surface area contributed by atoms with Gasteiger partial charge in [-0.3, -0.25) is 4.79 Å². The summed E-state index contributed by atoms with van der Waals surface area (Å²) in [5.41, 5.74) is 0.816. The second-order valence-electron chi connectivity index (χ2n) is 3.78. The van der Waals surface area contributed by atoms with E-state index in [0.29, 0.717) is 0 Å². The lowest BCUT2D eigenvalue weighted by atomic mass is 10.3. The number of nitrogens with one attached hydrogen (secondary N) is 1. The molecule has 3 nitrogen and oxygen atoms in total. The van der Waals surface area contributed by atoms with Crippen LogP contribution in [0.3, 0.4) is 0 Å². The van der Waals surface area contributed by atoms with Crippen LogP contribution in [-0.2, 0) is 4.79 Å². The van der Waals surface area contributed by atoms with Gasteiger partial charge in [-0.15, -0.1) is 0 Å². The van der Waals surface area contributed by atoms with E-state index in [4.69, 9.17) is 0 Å². The maximum absolute atomic E-state index is 12.0. The highest BCUT2D eigenvalue weighted by Gasteiger charge is 2.14. The van der Waals surface area contributed by atoms with Gasteiger partial charge in [-0.1, -0.05) is 36.0 Å². The molecular formula is C14H14N2OS. The van der Waals surface area contributed by atoms with Gasteiger partial charge in [0.05, 0.1) is 10.3 Å². The normalized spacial score (nSPS) is 11.8. The van der Waals surface area contributed by atoms with Crippen LogP contribution in [0, 0.1) is 0 Å². The van der Waals surface area contributed by atoms with Gasteiger partial charge in [0.25, 0.3) is 0 Å². The molecule has 0 saturated carbocycles. The fraction of sp³-hybridized carbons (Fsp3) is 0.143. The van der Waals surface area contributed by atoms with Crippen LogP contribution in [0.25, 0.3) is 0 Å². The molecule has 1 heterocycles. The van der Waals surface area contributed by atoms with E-state index in [2.05, 4.69) is 10.3 Å². The zero-order valence-corrected chi connectivity index (χ0v) is 10.9. The Kier molecular flexibility index (Phi) is 4.36. The van der Waals surface area contributed by atoms with E-state index in [1.807, 2.05) is 55.5 Å². The van der Waals surface area contributed by atoms with Crippen molar-refractivity contribution in [3.8, 4) is 0 Å². The molecule has 0 aliphatic heterocycles. The zero-order chi connectivity index (χ0) is 12.8. The van der Waals surface area contributed by atoms with E-state index in [1.165, 1.54) is 11.8 Å². The summed E-state index contributed by atoms with van der Waals surface area (Å²) in [6, 6.07) is 15.1. The molecular weight excluding hydrogens is 244 g/mol. The van der Waals surface area contributed by atoms with Crippen molar-refractivity contribution in [2.75, 3.05) is 5.32 Å². The zero-order valence-electron chi connectivity index (χ0n) is 10.0. The number of anilines is 1. The van der Waals surface area contributed by atoms with Crippen LogP contribution in [0.15, 0.2) is 59.8 Å². The number of carbonyl (C=O) groups excluding carboxylic acids is 1. The number of aromatic nitrogens is 1. The Labute approximate surface area is 111 Å². The standard InChI is InChI=1S/C14H14N2OS/c1-11(18-13-9-5-6-10-15-13)14(17)16-12-7-3-2-4-8-12/h2-11H,1H3,(H,16,17)/t11-/m1/s1. The van der Waals surface area contributed by atoms with Gasteiger partial charge in [0.1, 0.15) is 0 Å². The monoisotopic (exact) mass is 258 g/mol. The quantitative estimate of drug-likeness (QED) is 0.856. The second kappa shape index (κ2) is 6.21. The molecule has 18 heavy (non-hydrogen) atoms. The minimum atomic E-state index is -0.180. The van der Waals surface area contributed by atoms with E-state index < -0.39 is 0 Å². The number of thioether (sulfide) groups is 1. The second-order valence-corrected chi connectivity index (χ2v) is 5.14. The van der Waals surface area contributed by atoms with E-state index in [0.717, 1.165) is 10.7 Å². The van der Waals surface area contributed by atoms with Gasteiger partial charge in [-0.2, -0.15) is 0 Å². The topological polar surface area (TPSA) is 42.0 Å². The highest BCUT2D eigenvalue weighted by atomic mass is 32.2. The molecule has 4 heteroatoms. The van der Waals surface area contributed by atoms with Gasteiger partial charge < -0.3 is 5.32 Å². The van der Waals surface area contributed by atoms with Crippen molar-refractivity contribution < 1.29 is 4.79 Å². The maximum atomic E-state index is 12.0. The lowest BCUT2D eigenvalue weighted by molar-refractivity contribution is -0.115. The summed E-state index contributed by atoms with van der Waals surface area (Å²) in [6.07, 6.45) is 1.73. The van der Waals surface area contributed by atoms with Crippen molar-refractivity contribution in [2.24, 2.45) is 0 Å². The Morgan fingerprint density at radius 3 is 2.56 bits per heavy atom. The summed E-state index contributed by atoms with van der Waals surface area (Å²) in [7, 11) is 0. The molecule has 0 aliphatic carbocycles. The molecule has 1 N–H and O–H groups in total. The van der Waals surface area contributed by atoms with Crippen molar-refractivity contribution in [3.63, 3.8) is 0 Å². The number of carbonyl (C=O) groups is 1. The highest BCUT2D eigenvalue weighted by Crippen LogP contribution is 2.21. The Morgan fingerprint density at radius 1 is 1.17 bits per heavy atom. The largest absolute Gasteiger partial charge is 0.325 e. The van der Waals surface area contributed by atoms with Gasteiger partial charge in [0, 0.05) is 11.9 Å². The Bertz CT molecular complexity index is 502. The third kappa shape index (κ3) is 3.60. The fourth-order valence-electron chi connectivity index (χ4n) is 1.42. The van der Waals surface area contributed by atoms with Crippen LogP contribution in [0.4, 0.5) is 5.69 Å². The molecule has 0 bridgehead atoms. The number of nitrogens with zero attached hydrogens (tertiary/aromatic N) is 1. The first-order valence-corrected chi connectivity index (χ1v) is 6.57. The lowest BCUT2D eigenvalue weighted by Crippen LogP contribution is -2.22. The smallest absolute Gasteiger partial charge is 0.237 e. The average Bonchev–Trinajstić information content (AvgIpc) is 2.41. The third-order valence-electron chi connectivity index (χ3n) is 2.35. The van der Waals surface area contributed by atoms with Crippen LogP contribution >= 0.6 is 11.8 Å². The SMILES string of the molecule is C[C@@H](Sc1ccccn1)C(=O)Nc1ccccc1. The van der Waals surface area contributed by atoms with Crippen LogP contribution in [-0.4, -0.2) is 16.1 Å². The van der Waals surface area contributed by atoms with E-state index in [1.54, 1.807) is 6.20 Å². The summed E-state index contributed by atoms with van der Waals surface area (Å²) in [4.78, 5) is 16.1. The summed E-state index contributed by atoms with van der Waals surface area (Å²) in [6.45, 7) is 1.87. The van der Waals surface area contributed by atoms with Gasteiger partial charge in [-0.25, -0.2) is 4.98 Å². The molecule has 1 aromatic heterocycles. The van der Waals surface area contributed by atoms with Crippen LogP contribution in [0.1, 0.15) is 6.92 Å². The van der Waals surface area contributed by atoms with Crippen molar-refractivity contribution in [1.29, 1.82) is 0 Å². The summed E-state index contributed by atoms with van der Waals surface area (Å²) < 4.78 is 0. The minimum Gasteiger partial charge on any atom is -0.325 e. The number of benzene rings is 1. The number of amides is 1. The van der Waals surface area contributed by atoms with Gasteiger partial charge in [0.2, 0.25) is 5.91 Å². The lowest BCUT2D eigenvalue weighted by Gasteiger charge is -2.11. The molecule has 2 rings (SSSR count). The molecule has 1 amide bonds. The first-order chi connectivity index (χ1) is 8.75. The maximum Gasteiger partial charge on any atom is 0.237 e. The third-order valence-corrected chi connectivity index (χ3v) is 3.40. The van der Waals surface area contributed by atoms with E-state index in [9.17, 15) is 4.79 Å². The fourth-order valence-corrected chi connectivity index (χ4v) is 2.22. The number of pyridine rings is 1. The number of rotatable bonds is 4. The Hall–Kier alpha value is -1.81. The van der Waals surface area contributed by atoms with Gasteiger partial charge in [-0.05, 0) is 31.2 Å². The summed E-state index contributed by atoms with van der Waals surface area (Å²) >= 11 is 1.45. The van der Waals surface area contributed by atoms with Gasteiger partial charge in [0.15, 0.2) is 0 Å².